The molecule has 0 aliphatic rings. The standard InChI is InChI=1S/C43H32N4/c1-3-29-26-38(45-42-37(29)25-24-35-15-14-28(2)44-41(35)42)33-20-16-30(17-21-33)31-18-22-34(23-19-31)40-27-39(32-10-6-4-7-11-32)46-43(47-40)36-12-8-5-9-13-36/h4-27H,3H2,1-2H3. The van der Waals surface area contributed by atoms with Crippen LogP contribution < -0.4 is 0 Å². The Kier molecular flexibility index (Phi) is 7.31. The molecule has 3 heterocycles. The van der Waals surface area contributed by atoms with Crippen molar-refractivity contribution in [2.75, 3.05) is 0 Å². The highest BCUT2D eigenvalue weighted by molar-refractivity contribution is 6.04. The molecule has 0 spiro atoms. The maximum Gasteiger partial charge on any atom is 0.160 e. The number of benzene rings is 5. The van der Waals surface area contributed by atoms with Gasteiger partial charge in [-0.15, -0.1) is 0 Å². The van der Waals surface area contributed by atoms with Gasteiger partial charge in [0.25, 0.3) is 0 Å². The first kappa shape index (κ1) is 28.5. The molecule has 4 heteroatoms. The molecule has 3 aromatic heterocycles. The average Bonchev–Trinajstić information content (AvgIpc) is 3.15. The molecule has 8 rings (SSSR count). The van der Waals surface area contributed by atoms with Gasteiger partial charge in [0.2, 0.25) is 0 Å². The molecule has 0 aliphatic heterocycles. The van der Waals surface area contributed by atoms with Crippen LogP contribution in [0.3, 0.4) is 0 Å². The van der Waals surface area contributed by atoms with Crippen LogP contribution >= 0.6 is 0 Å². The fraction of sp³-hybridized carbons (Fsp3) is 0.0698. The summed E-state index contributed by atoms with van der Waals surface area (Å²) in [5, 5.41) is 2.29. The van der Waals surface area contributed by atoms with E-state index in [1.54, 1.807) is 0 Å². The lowest BCUT2D eigenvalue weighted by molar-refractivity contribution is 1.15. The smallest absolute Gasteiger partial charge is 0.160 e. The summed E-state index contributed by atoms with van der Waals surface area (Å²) in [4.78, 5) is 19.9. The van der Waals surface area contributed by atoms with Crippen LogP contribution in [0.2, 0.25) is 0 Å². The molecule has 0 N–H and O–H groups in total. The molecule has 0 unspecified atom stereocenters. The second kappa shape index (κ2) is 12.1. The Morgan fingerprint density at radius 3 is 1.53 bits per heavy atom. The molecule has 47 heavy (non-hydrogen) atoms. The highest BCUT2D eigenvalue weighted by atomic mass is 14.9. The molecule has 0 saturated heterocycles. The number of aromatic nitrogens is 4. The Morgan fingerprint density at radius 2 is 0.936 bits per heavy atom. The molecule has 0 fully saturated rings. The first-order valence-corrected chi connectivity index (χ1v) is 16.0. The van der Waals surface area contributed by atoms with E-state index in [2.05, 4.69) is 116 Å². The van der Waals surface area contributed by atoms with E-state index in [0.29, 0.717) is 5.82 Å². The van der Waals surface area contributed by atoms with Gasteiger partial charge >= 0.3 is 0 Å². The molecule has 0 saturated carbocycles. The molecule has 0 aliphatic carbocycles. The van der Waals surface area contributed by atoms with Crippen molar-refractivity contribution in [1.82, 2.24) is 19.9 Å². The Balaban J connectivity index is 1.13. The van der Waals surface area contributed by atoms with Crippen LogP contribution in [0.1, 0.15) is 18.2 Å². The number of hydrogen-bond donors (Lipinski definition) is 0. The van der Waals surface area contributed by atoms with Gasteiger partial charge in [-0.05, 0) is 48.2 Å². The molecule has 0 bridgehead atoms. The number of pyridine rings is 2. The molecule has 0 atom stereocenters. The van der Waals surface area contributed by atoms with Crippen molar-refractivity contribution in [2.24, 2.45) is 0 Å². The van der Waals surface area contributed by atoms with Crippen LogP contribution in [-0.4, -0.2) is 19.9 Å². The quantitative estimate of drug-likeness (QED) is 0.177. The monoisotopic (exact) mass is 604 g/mol. The lowest BCUT2D eigenvalue weighted by Crippen LogP contribution is -1.95. The zero-order valence-corrected chi connectivity index (χ0v) is 26.4. The summed E-state index contributed by atoms with van der Waals surface area (Å²) in [5.74, 6) is 0.717. The van der Waals surface area contributed by atoms with Crippen molar-refractivity contribution < 1.29 is 0 Å². The molecule has 224 valence electrons. The van der Waals surface area contributed by atoms with Gasteiger partial charge in [-0.2, -0.15) is 0 Å². The lowest BCUT2D eigenvalue weighted by Gasteiger charge is -2.12. The van der Waals surface area contributed by atoms with E-state index in [0.717, 1.165) is 79.0 Å². The van der Waals surface area contributed by atoms with E-state index in [4.69, 9.17) is 19.9 Å². The number of hydrogen-bond acceptors (Lipinski definition) is 4. The summed E-state index contributed by atoms with van der Waals surface area (Å²) in [6.07, 6.45) is 0.930. The minimum absolute atomic E-state index is 0.717. The Bertz CT molecular complexity index is 2310. The van der Waals surface area contributed by atoms with Gasteiger partial charge in [0.1, 0.15) is 0 Å². The number of aryl methyl sites for hydroxylation is 2. The van der Waals surface area contributed by atoms with Gasteiger partial charge in [0.05, 0.1) is 28.1 Å². The highest BCUT2D eigenvalue weighted by Crippen LogP contribution is 2.32. The van der Waals surface area contributed by atoms with E-state index >= 15 is 0 Å². The van der Waals surface area contributed by atoms with E-state index in [1.807, 2.05) is 43.3 Å². The molecule has 4 nitrogen and oxygen atoms in total. The molecule has 5 aromatic carbocycles. The minimum Gasteiger partial charge on any atom is -0.251 e. The minimum atomic E-state index is 0.717. The summed E-state index contributed by atoms with van der Waals surface area (Å²) in [5.41, 5.74) is 13.5. The van der Waals surface area contributed by atoms with Crippen LogP contribution in [-0.2, 0) is 6.42 Å². The SMILES string of the molecule is CCc1cc(-c2ccc(-c3ccc(-c4cc(-c5ccccc5)nc(-c5ccccc5)n4)cc3)cc2)nc2c1ccc1ccc(C)nc12. The fourth-order valence-corrected chi connectivity index (χ4v) is 6.21. The van der Waals surface area contributed by atoms with Crippen molar-refractivity contribution in [2.45, 2.75) is 20.3 Å². The second-order valence-corrected chi connectivity index (χ2v) is 11.9. The maximum absolute atomic E-state index is 5.15. The van der Waals surface area contributed by atoms with Crippen LogP contribution in [0.4, 0.5) is 0 Å². The predicted octanol–water partition coefficient (Wildman–Crippen LogP) is 10.8. The van der Waals surface area contributed by atoms with Gasteiger partial charge in [-0.25, -0.2) is 15.0 Å². The fourth-order valence-electron chi connectivity index (χ4n) is 6.21. The third kappa shape index (κ3) is 5.55. The number of nitrogens with zero attached hydrogens (tertiary/aromatic N) is 4. The molecule has 8 aromatic rings. The second-order valence-electron chi connectivity index (χ2n) is 11.9. The van der Waals surface area contributed by atoms with E-state index < -0.39 is 0 Å². The molecular weight excluding hydrogens is 573 g/mol. The molecular formula is C43H32N4. The largest absolute Gasteiger partial charge is 0.251 e. The zero-order chi connectivity index (χ0) is 31.7. The topological polar surface area (TPSA) is 51.6 Å². The summed E-state index contributed by atoms with van der Waals surface area (Å²) in [6, 6.07) is 50.6. The lowest BCUT2D eigenvalue weighted by atomic mass is 9.98. The summed E-state index contributed by atoms with van der Waals surface area (Å²) >= 11 is 0. The summed E-state index contributed by atoms with van der Waals surface area (Å²) in [7, 11) is 0. The van der Waals surface area contributed by atoms with Crippen LogP contribution in [0.5, 0.6) is 0 Å². The summed E-state index contributed by atoms with van der Waals surface area (Å²) < 4.78 is 0. The summed E-state index contributed by atoms with van der Waals surface area (Å²) in [6.45, 7) is 4.23. The van der Waals surface area contributed by atoms with Crippen molar-refractivity contribution >= 4 is 21.8 Å². The van der Waals surface area contributed by atoms with Gasteiger partial charge in [0, 0.05) is 38.7 Å². The first-order chi connectivity index (χ1) is 23.1. The zero-order valence-electron chi connectivity index (χ0n) is 26.4. The number of rotatable bonds is 6. The Morgan fingerprint density at radius 1 is 0.426 bits per heavy atom. The molecule has 0 radical (unpaired) electrons. The van der Waals surface area contributed by atoms with Crippen LogP contribution in [0, 0.1) is 6.92 Å². The van der Waals surface area contributed by atoms with Gasteiger partial charge < -0.3 is 0 Å². The van der Waals surface area contributed by atoms with Crippen molar-refractivity contribution in [3.05, 3.63) is 157 Å². The first-order valence-electron chi connectivity index (χ1n) is 16.0. The maximum atomic E-state index is 5.15. The Labute approximate surface area is 274 Å². The van der Waals surface area contributed by atoms with Gasteiger partial charge in [0.15, 0.2) is 5.82 Å². The predicted molar refractivity (Wildman–Crippen MR) is 194 cm³/mol. The van der Waals surface area contributed by atoms with E-state index in [1.165, 1.54) is 10.9 Å². The van der Waals surface area contributed by atoms with Gasteiger partial charge in [-0.1, -0.05) is 134 Å². The normalized spacial score (nSPS) is 11.3. The third-order valence-electron chi connectivity index (χ3n) is 8.77. The van der Waals surface area contributed by atoms with E-state index in [9.17, 15) is 0 Å². The molecule has 0 amide bonds. The van der Waals surface area contributed by atoms with Crippen LogP contribution in [0.15, 0.2) is 146 Å². The average molecular weight is 605 g/mol. The Hall–Kier alpha value is -6.00. The third-order valence-corrected chi connectivity index (χ3v) is 8.77. The van der Waals surface area contributed by atoms with Crippen molar-refractivity contribution in [3.63, 3.8) is 0 Å². The van der Waals surface area contributed by atoms with E-state index in [-0.39, 0.29) is 0 Å². The highest BCUT2D eigenvalue weighted by Gasteiger charge is 2.13. The van der Waals surface area contributed by atoms with Crippen LogP contribution in [0.25, 0.3) is 78.1 Å². The van der Waals surface area contributed by atoms with Crippen molar-refractivity contribution in [3.8, 4) is 56.3 Å². The van der Waals surface area contributed by atoms with Crippen molar-refractivity contribution in [1.29, 1.82) is 0 Å². The van der Waals surface area contributed by atoms with Gasteiger partial charge in [-0.3, -0.25) is 4.98 Å². The number of fused-ring (bicyclic) bond motifs is 3.